The minimum atomic E-state index is -0.205. The lowest BCUT2D eigenvalue weighted by Crippen LogP contribution is -2.46. The molecule has 154 valence electrons. The first-order chi connectivity index (χ1) is 14.1. The summed E-state index contributed by atoms with van der Waals surface area (Å²) in [6, 6.07) is 14.6. The number of ether oxygens (including phenoxy) is 2. The van der Waals surface area contributed by atoms with E-state index in [2.05, 4.69) is 10.6 Å². The summed E-state index contributed by atoms with van der Waals surface area (Å²) in [6.07, 6.45) is 1.58. The maximum Gasteiger partial charge on any atom is 0.321 e. The number of nitrogens with one attached hydrogen (secondary N) is 2. The number of anilines is 1. The van der Waals surface area contributed by atoms with E-state index in [0.29, 0.717) is 25.3 Å². The van der Waals surface area contributed by atoms with Crippen molar-refractivity contribution in [3.05, 3.63) is 54.1 Å². The second kappa shape index (κ2) is 9.82. The van der Waals surface area contributed by atoms with Crippen LogP contribution >= 0.6 is 0 Å². The van der Waals surface area contributed by atoms with Crippen molar-refractivity contribution in [1.82, 2.24) is 10.2 Å². The maximum atomic E-state index is 12.6. The zero-order valence-electron chi connectivity index (χ0n) is 16.8. The first kappa shape index (κ1) is 20.5. The lowest BCUT2D eigenvalue weighted by molar-refractivity contribution is -0.126. The third kappa shape index (κ3) is 5.63. The predicted octanol–water partition coefficient (Wildman–Crippen LogP) is 3.26. The zero-order valence-corrected chi connectivity index (χ0v) is 16.8. The molecule has 1 fully saturated rings. The van der Waals surface area contributed by atoms with Gasteiger partial charge >= 0.3 is 6.03 Å². The highest BCUT2D eigenvalue weighted by atomic mass is 16.5. The second-order valence-electron chi connectivity index (χ2n) is 7.01. The lowest BCUT2D eigenvalue weighted by atomic mass is 9.97. The Labute approximate surface area is 171 Å². The van der Waals surface area contributed by atoms with Gasteiger partial charge in [0.1, 0.15) is 11.5 Å². The molecule has 0 spiro atoms. The number of carbonyl (C=O) groups is 2. The second-order valence-corrected chi connectivity index (χ2v) is 7.01. The number of rotatable bonds is 6. The monoisotopic (exact) mass is 397 g/mol. The molecule has 0 radical (unpaired) electrons. The summed E-state index contributed by atoms with van der Waals surface area (Å²) in [5.41, 5.74) is 1.70. The third-order valence-electron chi connectivity index (χ3n) is 5.05. The van der Waals surface area contributed by atoms with Crippen molar-refractivity contribution >= 4 is 17.6 Å². The summed E-state index contributed by atoms with van der Waals surface area (Å²) in [4.78, 5) is 26.9. The average Bonchev–Trinajstić information content (AvgIpc) is 2.78. The molecule has 1 saturated heterocycles. The number of methoxy groups -OCH3 is 2. The summed E-state index contributed by atoms with van der Waals surface area (Å²) in [5, 5.41) is 5.85. The molecule has 2 aromatic carbocycles. The van der Waals surface area contributed by atoms with E-state index in [4.69, 9.17) is 9.47 Å². The van der Waals surface area contributed by atoms with Crippen LogP contribution < -0.4 is 20.1 Å². The van der Waals surface area contributed by atoms with Crippen LogP contribution in [0.3, 0.4) is 0 Å². The fourth-order valence-electron chi connectivity index (χ4n) is 3.33. The normalized spacial score (nSPS) is 16.1. The lowest BCUT2D eigenvalue weighted by Gasteiger charge is -2.32. The number of hydrogen-bond donors (Lipinski definition) is 2. The van der Waals surface area contributed by atoms with E-state index >= 15 is 0 Å². The molecule has 0 bridgehead atoms. The fourth-order valence-corrected chi connectivity index (χ4v) is 3.33. The molecule has 1 aliphatic heterocycles. The molecule has 2 N–H and O–H groups in total. The van der Waals surface area contributed by atoms with E-state index in [1.807, 2.05) is 24.3 Å². The standard InChI is InChI=1S/C22H27N3O4/c1-28-19-9-5-16(6-10-19)14-23-21(26)17-4-3-13-25(15-17)22(27)24-18-7-11-20(29-2)12-8-18/h5-12,17H,3-4,13-15H2,1-2H3,(H,23,26)(H,24,27)/t17-/m1/s1. The van der Waals surface area contributed by atoms with Crippen molar-refractivity contribution in [3.8, 4) is 11.5 Å². The highest BCUT2D eigenvalue weighted by Gasteiger charge is 2.28. The third-order valence-corrected chi connectivity index (χ3v) is 5.05. The number of nitrogens with zero attached hydrogens (tertiary/aromatic N) is 1. The zero-order chi connectivity index (χ0) is 20.6. The number of benzene rings is 2. The van der Waals surface area contributed by atoms with E-state index in [0.717, 1.165) is 29.9 Å². The Morgan fingerprint density at radius 3 is 2.24 bits per heavy atom. The van der Waals surface area contributed by atoms with Crippen molar-refractivity contribution in [2.45, 2.75) is 19.4 Å². The van der Waals surface area contributed by atoms with Gasteiger partial charge in [0, 0.05) is 25.3 Å². The van der Waals surface area contributed by atoms with Crippen molar-refractivity contribution in [2.24, 2.45) is 5.92 Å². The minimum absolute atomic E-state index is 0.0252. The molecule has 0 unspecified atom stereocenters. The minimum Gasteiger partial charge on any atom is -0.497 e. The molecule has 3 amide bonds. The van der Waals surface area contributed by atoms with E-state index < -0.39 is 0 Å². The molecule has 1 heterocycles. The van der Waals surface area contributed by atoms with Crippen LogP contribution in [0.25, 0.3) is 0 Å². The van der Waals surface area contributed by atoms with Crippen molar-refractivity contribution < 1.29 is 19.1 Å². The van der Waals surface area contributed by atoms with E-state index in [-0.39, 0.29) is 17.9 Å². The Hall–Kier alpha value is -3.22. The van der Waals surface area contributed by atoms with Gasteiger partial charge in [0.2, 0.25) is 5.91 Å². The molecular formula is C22H27N3O4. The number of likely N-dealkylation sites (tertiary alicyclic amines) is 1. The van der Waals surface area contributed by atoms with Crippen molar-refractivity contribution in [3.63, 3.8) is 0 Å². The molecule has 3 rings (SSSR count). The van der Waals surface area contributed by atoms with Gasteiger partial charge in [0.25, 0.3) is 0 Å². The largest absolute Gasteiger partial charge is 0.497 e. The van der Waals surface area contributed by atoms with Crippen molar-refractivity contribution in [2.75, 3.05) is 32.6 Å². The van der Waals surface area contributed by atoms with E-state index in [9.17, 15) is 9.59 Å². The predicted molar refractivity (Wildman–Crippen MR) is 111 cm³/mol. The number of urea groups is 1. The van der Waals surface area contributed by atoms with Gasteiger partial charge in [0.05, 0.1) is 20.1 Å². The Morgan fingerprint density at radius 1 is 1.00 bits per heavy atom. The Balaban J connectivity index is 1.50. The Kier molecular flexibility index (Phi) is 6.94. The van der Waals surface area contributed by atoms with Crippen LogP contribution in [0.1, 0.15) is 18.4 Å². The first-order valence-corrected chi connectivity index (χ1v) is 9.69. The molecule has 0 aromatic heterocycles. The molecular weight excluding hydrogens is 370 g/mol. The van der Waals surface area contributed by atoms with E-state index in [1.165, 1.54) is 0 Å². The van der Waals surface area contributed by atoms with Gasteiger partial charge < -0.3 is 25.0 Å². The molecule has 29 heavy (non-hydrogen) atoms. The summed E-state index contributed by atoms with van der Waals surface area (Å²) >= 11 is 0. The molecule has 1 aliphatic rings. The SMILES string of the molecule is COc1ccc(CNC(=O)[C@@H]2CCCN(C(=O)Nc3ccc(OC)cc3)C2)cc1. The number of hydrogen-bond acceptors (Lipinski definition) is 4. The van der Waals surface area contributed by atoms with Gasteiger partial charge in [-0.05, 0) is 54.8 Å². The summed E-state index contributed by atoms with van der Waals surface area (Å²) in [7, 11) is 3.22. The summed E-state index contributed by atoms with van der Waals surface area (Å²) in [6.45, 7) is 1.51. The Bertz CT molecular complexity index is 821. The molecule has 0 saturated carbocycles. The fraction of sp³-hybridized carbons (Fsp3) is 0.364. The van der Waals surface area contributed by atoms with Gasteiger partial charge in [-0.2, -0.15) is 0 Å². The molecule has 0 aliphatic carbocycles. The molecule has 2 aromatic rings. The topological polar surface area (TPSA) is 79.9 Å². The smallest absolute Gasteiger partial charge is 0.321 e. The van der Waals surface area contributed by atoms with Crippen LogP contribution in [-0.4, -0.2) is 44.1 Å². The molecule has 1 atom stereocenters. The maximum absolute atomic E-state index is 12.6. The average molecular weight is 397 g/mol. The molecule has 7 heteroatoms. The first-order valence-electron chi connectivity index (χ1n) is 9.69. The van der Waals surface area contributed by atoms with Crippen LogP contribution in [0.5, 0.6) is 11.5 Å². The number of piperidine rings is 1. The van der Waals surface area contributed by atoms with Gasteiger partial charge in [-0.25, -0.2) is 4.79 Å². The molecule has 7 nitrogen and oxygen atoms in total. The van der Waals surface area contributed by atoms with Crippen LogP contribution in [0, 0.1) is 5.92 Å². The summed E-state index contributed by atoms with van der Waals surface area (Å²) < 4.78 is 10.3. The highest BCUT2D eigenvalue weighted by molar-refractivity contribution is 5.90. The van der Waals surface area contributed by atoms with Gasteiger partial charge in [-0.15, -0.1) is 0 Å². The number of carbonyl (C=O) groups excluding carboxylic acids is 2. The van der Waals surface area contributed by atoms with E-state index in [1.54, 1.807) is 43.4 Å². The van der Waals surface area contributed by atoms with Crippen molar-refractivity contribution in [1.29, 1.82) is 0 Å². The summed E-state index contributed by atoms with van der Waals surface area (Å²) in [5.74, 6) is 1.28. The van der Waals surface area contributed by atoms with Gasteiger partial charge in [0.15, 0.2) is 0 Å². The highest BCUT2D eigenvalue weighted by Crippen LogP contribution is 2.20. The van der Waals surface area contributed by atoms with Crippen LogP contribution in [-0.2, 0) is 11.3 Å². The van der Waals surface area contributed by atoms with Crippen LogP contribution in [0.4, 0.5) is 10.5 Å². The van der Waals surface area contributed by atoms with Crippen LogP contribution in [0.2, 0.25) is 0 Å². The quantitative estimate of drug-likeness (QED) is 0.784. The van der Waals surface area contributed by atoms with Crippen LogP contribution in [0.15, 0.2) is 48.5 Å². The van der Waals surface area contributed by atoms with Gasteiger partial charge in [-0.1, -0.05) is 12.1 Å². The number of amides is 3. The van der Waals surface area contributed by atoms with Gasteiger partial charge in [-0.3, -0.25) is 4.79 Å². The Morgan fingerprint density at radius 2 is 1.62 bits per heavy atom.